The van der Waals surface area contributed by atoms with E-state index >= 15 is 0 Å². The Labute approximate surface area is 208 Å². The van der Waals surface area contributed by atoms with Gasteiger partial charge in [-0.2, -0.15) is 0 Å². The average molecular weight is 481 g/mol. The molecule has 0 aromatic heterocycles. The Morgan fingerprint density at radius 3 is 1.82 bits per heavy atom. The Morgan fingerprint density at radius 1 is 0.818 bits per heavy atom. The van der Waals surface area contributed by atoms with Crippen LogP contribution in [0.15, 0.2) is 94.8 Å². The summed E-state index contributed by atoms with van der Waals surface area (Å²) in [5.41, 5.74) is -0.215. The third kappa shape index (κ3) is 8.51. The number of carbonyl (C=O) groups excluding carboxylic acids is 1. The molecule has 0 unspecified atom stereocenters. The Balaban J connectivity index is 1.46. The highest BCUT2D eigenvalue weighted by atomic mass is 32.2. The molecule has 1 atom stereocenters. The van der Waals surface area contributed by atoms with Crippen molar-refractivity contribution in [2.75, 3.05) is 18.1 Å². The summed E-state index contributed by atoms with van der Waals surface area (Å²) in [7, 11) is 0. The van der Waals surface area contributed by atoms with Gasteiger partial charge in [0.15, 0.2) is 0 Å². The summed E-state index contributed by atoms with van der Waals surface area (Å²) >= 11 is 3.67. The van der Waals surface area contributed by atoms with E-state index in [0.29, 0.717) is 12.2 Å². The van der Waals surface area contributed by atoms with E-state index < -0.39 is 0 Å². The molecule has 2 aromatic rings. The molecule has 176 valence electrons. The summed E-state index contributed by atoms with van der Waals surface area (Å²) < 4.78 is 0. The number of aliphatic hydroxyl groups is 1. The molecule has 0 heterocycles. The lowest BCUT2D eigenvalue weighted by Gasteiger charge is -2.27. The summed E-state index contributed by atoms with van der Waals surface area (Å²) in [6.45, 7) is 0.111. The molecule has 1 saturated carbocycles. The van der Waals surface area contributed by atoms with Crippen LogP contribution >= 0.6 is 23.5 Å². The van der Waals surface area contributed by atoms with Gasteiger partial charge in [-0.1, -0.05) is 60.7 Å². The van der Waals surface area contributed by atoms with Crippen LogP contribution in [-0.4, -0.2) is 29.0 Å². The minimum atomic E-state index is -0.215. The largest absolute Gasteiger partial charge is 0.396 e. The topological polar surface area (TPSA) is 37.3 Å². The fourth-order valence-electron chi connectivity index (χ4n) is 4.60. The number of allylic oxidation sites excluding steroid dienone is 2. The third-order valence-corrected chi connectivity index (χ3v) is 8.36. The molecule has 0 radical (unpaired) electrons. The SMILES string of the molecule is O=C1[C@@H](CCO)CCC1(CC/C=C/CSc1ccccc1)CC/C=C/CSc1ccccc1. The highest BCUT2D eigenvalue weighted by Gasteiger charge is 2.45. The van der Waals surface area contributed by atoms with E-state index in [4.69, 9.17) is 0 Å². The van der Waals surface area contributed by atoms with Gasteiger partial charge in [-0.05, 0) is 69.2 Å². The van der Waals surface area contributed by atoms with E-state index in [9.17, 15) is 9.90 Å². The smallest absolute Gasteiger partial charge is 0.142 e. The lowest BCUT2D eigenvalue weighted by Crippen LogP contribution is -2.29. The van der Waals surface area contributed by atoms with E-state index in [1.54, 1.807) is 0 Å². The predicted molar refractivity (Wildman–Crippen MR) is 143 cm³/mol. The zero-order chi connectivity index (χ0) is 23.2. The average Bonchev–Trinajstić information content (AvgIpc) is 3.15. The molecule has 33 heavy (non-hydrogen) atoms. The van der Waals surface area contributed by atoms with Gasteiger partial charge in [0.1, 0.15) is 5.78 Å². The predicted octanol–water partition coefficient (Wildman–Crippen LogP) is 7.59. The Morgan fingerprint density at radius 2 is 1.33 bits per heavy atom. The molecule has 0 saturated heterocycles. The Kier molecular flexibility index (Phi) is 11.4. The van der Waals surface area contributed by atoms with Crippen molar-refractivity contribution in [2.24, 2.45) is 11.3 Å². The van der Waals surface area contributed by atoms with Crippen LogP contribution in [0.25, 0.3) is 0 Å². The van der Waals surface area contributed by atoms with Crippen molar-refractivity contribution in [3.05, 3.63) is 85.0 Å². The fourth-order valence-corrected chi connectivity index (χ4v) is 6.15. The number of aliphatic hydroxyl groups excluding tert-OH is 1. The van der Waals surface area contributed by atoms with Gasteiger partial charge in [-0.3, -0.25) is 4.79 Å². The van der Waals surface area contributed by atoms with E-state index in [0.717, 1.165) is 50.0 Å². The number of Topliss-reactive ketones (excluding diaryl/α,β-unsaturated/α-hetero) is 1. The minimum Gasteiger partial charge on any atom is -0.396 e. The first-order chi connectivity index (χ1) is 16.2. The first-order valence-electron chi connectivity index (χ1n) is 12.0. The second-order valence-corrected chi connectivity index (χ2v) is 10.8. The normalized spacial score (nSPS) is 18.0. The first-order valence-corrected chi connectivity index (χ1v) is 14.0. The molecule has 4 heteroatoms. The van der Waals surface area contributed by atoms with Crippen LogP contribution in [0.3, 0.4) is 0 Å². The standard InChI is InChI=1S/C29H36O2S2/c30-22-18-25-17-21-29(28(25)31,19-9-3-11-23-32-26-13-5-1-6-14-26)20-10-4-12-24-33-27-15-7-2-8-16-27/h1-8,11-16,25,30H,9-10,17-24H2/b11-3+,12-4+/t25-/m1/s1. The van der Waals surface area contributed by atoms with E-state index in [2.05, 4.69) is 72.8 Å². The number of thioether (sulfide) groups is 2. The van der Waals surface area contributed by atoms with Gasteiger partial charge in [0, 0.05) is 39.2 Å². The van der Waals surface area contributed by atoms with Gasteiger partial charge in [-0.15, -0.1) is 23.5 Å². The summed E-state index contributed by atoms with van der Waals surface area (Å²) in [5, 5.41) is 9.37. The molecular formula is C29H36O2S2. The molecule has 1 aliphatic carbocycles. The molecule has 0 aliphatic heterocycles. The van der Waals surface area contributed by atoms with Crippen LogP contribution < -0.4 is 0 Å². The molecule has 1 fully saturated rings. The maximum absolute atomic E-state index is 13.3. The molecule has 0 bridgehead atoms. The lowest BCUT2D eigenvalue weighted by molar-refractivity contribution is -0.130. The number of hydrogen-bond acceptors (Lipinski definition) is 4. The van der Waals surface area contributed by atoms with E-state index in [1.165, 1.54) is 9.79 Å². The highest BCUT2D eigenvalue weighted by molar-refractivity contribution is 7.99. The van der Waals surface area contributed by atoms with Gasteiger partial charge >= 0.3 is 0 Å². The zero-order valence-electron chi connectivity index (χ0n) is 19.4. The molecule has 1 aliphatic rings. The summed E-state index contributed by atoms with van der Waals surface area (Å²) in [5.74, 6) is 2.36. The van der Waals surface area contributed by atoms with Crippen molar-refractivity contribution in [2.45, 2.75) is 54.7 Å². The quantitative estimate of drug-likeness (QED) is 0.223. The maximum atomic E-state index is 13.3. The Hall–Kier alpha value is -1.75. The first kappa shape index (κ1) is 25.9. The number of hydrogen-bond donors (Lipinski definition) is 1. The molecule has 2 nitrogen and oxygen atoms in total. The third-order valence-electron chi connectivity index (χ3n) is 6.43. The van der Waals surface area contributed by atoms with Crippen LogP contribution in [-0.2, 0) is 4.79 Å². The van der Waals surface area contributed by atoms with E-state index in [1.807, 2.05) is 35.7 Å². The fraction of sp³-hybridized carbons (Fsp3) is 0.414. The van der Waals surface area contributed by atoms with Crippen LogP contribution in [0.4, 0.5) is 0 Å². The zero-order valence-corrected chi connectivity index (χ0v) is 21.0. The van der Waals surface area contributed by atoms with Gasteiger partial charge < -0.3 is 5.11 Å². The van der Waals surface area contributed by atoms with Crippen molar-refractivity contribution in [3.8, 4) is 0 Å². The van der Waals surface area contributed by atoms with Gasteiger partial charge in [0.05, 0.1) is 0 Å². The van der Waals surface area contributed by atoms with Crippen molar-refractivity contribution in [3.63, 3.8) is 0 Å². The molecular weight excluding hydrogens is 444 g/mol. The summed E-state index contributed by atoms with van der Waals surface area (Å²) in [6, 6.07) is 20.9. The van der Waals surface area contributed by atoms with Crippen molar-refractivity contribution in [1.29, 1.82) is 0 Å². The van der Waals surface area contributed by atoms with Crippen LogP contribution in [0, 0.1) is 11.3 Å². The van der Waals surface area contributed by atoms with Gasteiger partial charge in [0.25, 0.3) is 0 Å². The van der Waals surface area contributed by atoms with Crippen molar-refractivity contribution < 1.29 is 9.90 Å². The van der Waals surface area contributed by atoms with Crippen LogP contribution in [0.1, 0.15) is 44.9 Å². The number of rotatable bonds is 14. The highest BCUT2D eigenvalue weighted by Crippen LogP contribution is 2.46. The summed E-state index contributed by atoms with van der Waals surface area (Å²) in [4.78, 5) is 15.8. The number of ketones is 1. The number of carbonyl (C=O) groups is 1. The molecule has 1 N–H and O–H groups in total. The van der Waals surface area contributed by atoms with Crippen LogP contribution in [0.5, 0.6) is 0 Å². The summed E-state index contributed by atoms with van der Waals surface area (Å²) in [6.07, 6.45) is 15.2. The monoisotopic (exact) mass is 480 g/mol. The second-order valence-electron chi connectivity index (χ2n) is 8.66. The van der Waals surface area contributed by atoms with E-state index in [-0.39, 0.29) is 17.9 Å². The molecule has 3 rings (SSSR count). The molecule has 0 spiro atoms. The Bertz CT molecular complexity index is 820. The lowest BCUT2D eigenvalue weighted by atomic mass is 9.75. The van der Waals surface area contributed by atoms with Gasteiger partial charge in [0.2, 0.25) is 0 Å². The molecule has 2 aromatic carbocycles. The second kappa shape index (κ2) is 14.5. The van der Waals surface area contributed by atoms with Gasteiger partial charge in [-0.25, -0.2) is 0 Å². The maximum Gasteiger partial charge on any atom is 0.142 e. The van der Waals surface area contributed by atoms with Crippen molar-refractivity contribution >= 4 is 29.3 Å². The number of benzene rings is 2. The van der Waals surface area contributed by atoms with Crippen LogP contribution in [0.2, 0.25) is 0 Å². The van der Waals surface area contributed by atoms with Crippen molar-refractivity contribution in [1.82, 2.24) is 0 Å². The molecule has 0 amide bonds. The minimum absolute atomic E-state index is 0.0465.